The van der Waals surface area contributed by atoms with E-state index < -0.39 is 0 Å². The average Bonchev–Trinajstić information content (AvgIpc) is 2.79. The highest BCUT2D eigenvalue weighted by Crippen LogP contribution is 2.27. The summed E-state index contributed by atoms with van der Waals surface area (Å²) < 4.78 is 0. The molecule has 0 bridgehead atoms. The van der Waals surface area contributed by atoms with E-state index in [1.165, 1.54) is 27.1 Å². The van der Waals surface area contributed by atoms with Crippen LogP contribution in [0, 0.1) is 0 Å². The van der Waals surface area contributed by atoms with Crippen molar-refractivity contribution in [2.24, 2.45) is 0 Å². The van der Waals surface area contributed by atoms with Crippen molar-refractivity contribution in [3.8, 4) is 0 Å². The first kappa shape index (κ1) is 14.7. The van der Waals surface area contributed by atoms with Gasteiger partial charge in [0.1, 0.15) is 0 Å². The summed E-state index contributed by atoms with van der Waals surface area (Å²) in [5, 5.41) is 5.60. The lowest BCUT2D eigenvalue weighted by atomic mass is 9.98. The van der Waals surface area contributed by atoms with Crippen LogP contribution in [0.25, 0.3) is 0 Å². The molecule has 2 rings (SSSR count). The van der Waals surface area contributed by atoms with Gasteiger partial charge in [0.2, 0.25) is 0 Å². The lowest BCUT2D eigenvalue weighted by Gasteiger charge is -2.20. The Bertz CT molecular complexity index is 365. The van der Waals surface area contributed by atoms with Crippen molar-refractivity contribution in [3.63, 3.8) is 0 Å². The van der Waals surface area contributed by atoms with Gasteiger partial charge in [-0.25, -0.2) is 4.98 Å². The van der Waals surface area contributed by atoms with Crippen LogP contribution < -0.4 is 5.32 Å². The van der Waals surface area contributed by atoms with E-state index in [1.807, 2.05) is 17.5 Å². The SMILES string of the molecule is CC(C)(C)c1ncc(CNCC2CSCCS2)s1. The van der Waals surface area contributed by atoms with Gasteiger partial charge in [0.05, 0.1) is 5.01 Å². The molecule has 0 radical (unpaired) electrons. The van der Waals surface area contributed by atoms with Crippen molar-refractivity contribution in [1.82, 2.24) is 10.3 Å². The van der Waals surface area contributed by atoms with Crippen LogP contribution >= 0.6 is 34.9 Å². The minimum atomic E-state index is 0.179. The molecule has 1 aromatic rings. The van der Waals surface area contributed by atoms with Crippen LogP contribution in [-0.4, -0.2) is 34.0 Å². The zero-order chi connectivity index (χ0) is 13.0. The summed E-state index contributed by atoms with van der Waals surface area (Å²) in [6.07, 6.45) is 2.03. The van der Waals surface area contributed by atoms with Crippen molar-refractivity contribution in [3.05, 3.63) is 16.1 Å². The monoisotopic (exact) mass is 302 g/mol. The summed E-state index contributed by atoms with van der Waals surface area (Å²) in [6, 6.07) is 0. The van der Waals surface area contributed by atoms with E-state index >= 15 is 0 Å². The molecular formula is C13H22N2S3. The second-order valence-corrected chi connectivity index (χ2v) is 9.25. The van der Waals surface area contributed by atoms with Crippen LogP contribution in [0.5, 0.6) is 0 Å². The Morgan fingerprint density at radius 1 is 1.39 bits per heavy atom. The number of rotatable bonds is 4. The number of hydrogen-bond donors (Lipinski definition) is 1. The van der Waals surface area contributed by atoms with Crippen molar-refractivity contribution >= 4 is 34.9 Å². The van der Waals surface area contributed by atoms with Crippen LogP contribution in [0.2, 0.25) is 0 Å². The standard InChI is InChI=1S/C13H22N2S3/c1-13(2,3)12-15-8-10(18-12)6-14-7-11-9-16-4-5-17-11/h8,11,14H,4-7,9H2,1-3H3. The van der Waals surface area contributed by atoms with Gasteiger partial charge < -0.3 is 5.32 Å². The zero-order valence-corrected chi connectivity index (χ0v) is 13.8. The third-order valence-corrected chi connectivity index (χ3v) is 7.02. The molecule has 0 amide bonds. The smallest absolute Gasteiger partial charge is 0.0981 e. The fourth-order valence-corrected chi connectivity index (χ4v) is 5.33. The van der Waals surface area contributed by atoms with Crippen LogP contribution in [0.15, 0.2) is 6.20 Å². The molecule has 2 nitrogen and oxygen atoms in total. The van der Waals surface area contributed by atoms with Gasteiger partial charge in [-0.1, -0.05) is 20.8 Å². The lowest BCUT2D eigenvalue weighted by molar-refractivity contribution is 0.585. The highest BCUT2D eigenvalue weighted by Gasteiger charge is 2.18. The average molecular weight is 303 g/mol. The molecule has 5 heteroatoms. The minimum Gasteiger partial charge on any atom is -0.311 e. The predicted octanol–water partition coefficient (Wildman–Crippen LogP) is 3.38. The first-order chi connectivity index (χ1) is 8.55. The molecule has 1 aliphatic rings. The molecule has 1 aromatic heterocycles. The van der Waals surface area contributed by atoms with Crippen molar-refractivity contribution in [2.75, 3.05) is 23.8 Å². The Balaban J connectivity index is 1.74. The van der Waals surface area contributed by atoms with Crippen LogP contribution in [0.4, 0.5) is 0 Å². The third-order valence-electron chi connectivity index (χ3n) is 2.75. The zero-order valence-electron chi connectivity index (χ0n) is 11.4. The van der Waals surface area contributed by atoms with E-state index in [0.29, 0.717) is 0 Å². The fourth-order valence-electron chi connectivity index (χ4n) is 1.75. The normalized spacial score (nSPS) is 21.2. The van der Waals surface area contributed by atoms with E-state index in [1.54, 1.807) is 0 Å². The molecule has 1 fully saturated rings. The first-order valence-electron chi connectivity index (χ1n) is 6.41. The van der Waals surface area contributed by atoms with E-state index in [0.717, 1.165) is 18.3 Å². The van der Waals surface area contributed by atoms with E-state index in [9.17, 15) is 0 Å². The minimum absolute atomic E-state index is 0.179. The van der Waals surface area contributed by atoms with Gasteiger partial charge in [-0.05, 0) is 0 Å². The maximum Gasteiger partial charge on any atom is 0.0981 e. The second-order valence-electron chi connectivity index (χ2n) is 5.58. The van der Waals surface area contributed by atoms with Gasteiger partial charge in [0.25, 0.3) is 0 Å². The number of thioether (sulfide) groups is 2. The summed E-state index contributed by atoms with van der Waals surface area (Å²) in [6.45, 7) is 8.76. The van der Waals surface area contributed by atoms with Crippen LogP contribution in [-0.2, 0) is 12.0 Å². The molecule has 2 heterocycles. The molecule has 102 valence electrons. The highest BCUT2D eigenvalue weighted by molar-refractivity contribution is 8.06. The van der Waals surface area contributed by atoms with E-state index in [-0.39, 0.29) is 5.41 Å². The van der Waals surface area contributed by atoms with Gasteiger partial charge in [0, 0.05) is 52.1 Å². The summed E-state index contributed by atoms with van der Waals surface area (Å²) in [5.41, 5.74) is 0.179. The predicted molar refractivity (Wildman–Crippen MR) is 86.1 cm³/mol. The first-order valence-corrected chi connectivity index (χ1v) is 9.43. The van der Waals surface area contributed by atoms with Crippen molar-refractivity contribution < 1.29 is 0 Å². The lowest BCUT2D eigenvalue weighted by Crippen LogP contribution is -2.28. The maximum atomic E-state index is 4.52. The Morgan fingerprint density at radius 2 is 2.22 bits per heavy atom. The summed E-state index contributed by atoms with van der Waals surface area (Å²) in [4.78, 5) is 5.88. The molecule has 1 aliphatic heterocycles. The molecule has 1 atom stereocenters. The molecule has 1 unspecified atom stereocenters. The Hall–Kier alpha value is 0.290. The number of hydrogen-bond acceptors (Lipinski definition) is 5. The molecule has 1 saturated heterocycles. The summed E-state index contributed by atoms with van der Waals surface area (Å²) in [7, 11) is 0. The van der Waals surface area contributed by atoms with Gasteiger partial charge >= 0.3 is 0 Å². The second kappa shape index (κ2) is 6.64. The Kier molecular flexibility index (Phi) is 5.42. The van der Waals surface area contributed by atoms with Crippen molar-refractivity contribution in [2.45, 2.75) is 38.0 Å². The van der Waals surface area contributed by atoms with Crippen molar-refractivity contribution in [1.29, 1.82) is 0 Å². The molecule has 0 spiro atoms. The van der Waals surface area contributed by atoms with Gasteiger partial charge in [0.15, 0.2) is 0 Å². The van der Waals surface area contributed by atoms with Gasteiger partial charge in [-0.3, -0.25) is 0 Å². The number of aromatic nitrogens is 1. The molecule has 18 heavy (non-hydrogen) atoms. The number of thiazole rings is 1. The largest absolute Gasteiger partial charge is 0.311 e. The van der Waals surface area contributed by atoms with Gasteiger partial charge in [-0.15, -0.1) is 11.3 Å². The molecular weight excluding hydrogens is 280 g/mol. The van der Waals surface area contributed by atoms with E-state index in [4.69, 9.17) is 0 Å². The Labute approximate surface area is 123 Å². The van der Waals surface area contributed by atoms with E-state index in [2.05, 4.69) is 54.6 Å². The van der Waals surface area contributed by atoms with Crippen LogP contribution in [0.1, 0.15) is 30.7 Å². The summed E-state index contributed by atoms with van der Waals surface area (Å²) >= 11 is 6.04. The maximum absolute atomic E-state index is 4.52. The Morgan fingerprint density at radius 3 is 2.83 bits per heavy atom. The molecule has 0 saturated carbocycles. The molecule has 0 aliphatic carbocycles. The third kappa shape index (κ3) is 4.44. The molecule has 1 N–H and O–H groups in total. The topological polar surface area (TPSA) is 24.9 Å². The molecule has 0 aromatic carbocycles. The quantitative estimate of drug-likeness (QED) is 0.922. The fraction of sp³-hybridized carbons (Fsp3) is 0.769. The number of nitrogens with zero attached hydrogens (tertiary/aromatic N) is 1. The summed E-state index contributed by atoms with van der Waals surface area (Å²) in [5.74, 6) is 3.93. The highest BCUT2D eigenvalue weighted by atomic mass is 32.2. The number of nitrogens with one attached hydrogen (secondary N) is 1. The van der Waals surface area contributed by atoms with Gasteiger partial charge in [-0.2, -0.15) is 23.5 Å². The van der Waals surface area contributed by atoms with Crippen LogP contribution in [0.3, 0.4) is 0 Å².